The minimum Gasteiger partial charge on any atom is -0.343 e. The molecule has 6 nitrogen and oxygen atoms in total. The summed E-state index contributed by atoms with van der Waals surface area (Å²) >= 11 is 0. The van der Waals surface area contributed by atoms with Crippen molar-refractivity contribution in [3.8, 4) is 0 Å². The second kappa shape index (κ2) is 6.93. The summed E-state index contributed by atoms with van der Waals surface area (Å²) in [5.74, 6) is -0.912. The monoisotopic (exact) mass is 470 g/mol. The Morgan fingerprint density at radius 3 is 1.64 bits per heavy atom. The van der Waals surface area contributed by atoms with Crippen LogP contribution in [0.3, 0.4) is 0 Å². The van der Waals surface area contributed by atoms with E-state index in [2.05, 4.69) is 0 Å². The van der Waals surface area contributed by atoms with Crippen LogP contribution in [-0.2, 0) is 0 Å². The van der Waals surface area contributed by atoms with Crippen LogP contribution in [0.5, 0.6) is 0 Å². The molecule has 7 rings (SSSR count). The second-order valence-corrected chi connectivity index (χ2v) is 9.29. The summed E-state index contributed by atoms with van der Waals surface area (Å²) in [6, 6.07) is 19.6. The first kappa shape index (κ1) is 20.7. The third-order valence-electron chi connectivity index (χ3n) is 7.55. The van der Waals surface area contributed by atoms with E-state index < -0.39 is 6.04 Å². The Bertz CT molecular complexity index is 1620. The predicted molar refractivity (Wildman–Crippen MR) is 134 cm³/mol. The van der Waals surface area contributed by atoms with Crippen LogP contribution in [-0.4, -0.2) is 30.2 Å². The van der Waals surface area contributed by atoms with Gasteiger partial charge in [-0.3, -0.25) is 19.2 Å². The molecule has 0 saturated carbocycles. The fourth-order valence-electron chi connectivity index (χ4n) is 5.88. The number of nitrogens with two attached hydrogens (primary N) is 1. The van der Waals surface area contributed by atoms with Gasteiger partial charge in [0.1, 0.15) is 0 Å². The topological polar surface area (TPSA) is 97.5 Å². The van der Waals surface area contributed by atoms with Crippen molar-refractivity contribution in [3.63, 3.8) is 0 Å². The van der Waals surface area contributed by atoms with E-state index in [1.54, 1.807) is 79.8 Å². The molecule has 6 heteroatoms. The van der Waals surface area contributed by atoms with E-state index in [4.69, 9.17) is 5.73 Å². The average Bonchev–Trinajstić information content (AvgIpc) is 2.92. The van der Waals surface area contributed by atoms with Gasteiger partial charge >= 0.3 is 0 Å². The third-order valence-corrected chi connectivity index (χ3v) is 7.55. The molecular weight excluding hydrogens is 452 g/mol. The van der Waals surface area contributed by atoms with Gasteiger partial charge in [0.2, 0.25) is 0 Å². The van der Waals surface area contributed by atoms with Crippen molar-refractivity contribution in [2.24, 2.45) is 5.73 Å². The molecule has 172 valence electrons. The van der Waals surface area contributed by atoms with Crippen molar-refractivity contribution in [1.29, 1.82) is 0 Å². The Hall–Kier alpha value is -4.68. The molecule has 1 heterocycles. The van der Waals surface area contributed by atoms with Gasteiger partial charge in [0.05, 0.1) is 17.3 Å². The third kappa shape index (κ3) is 2.38. The van der Waals surface area contributed by atoms with Crippen LogP contribution in [0, 0.1) is 0 Å². The Morgan fingerprint density at radius 2 is 1.06 bits per heavy atom. The molecule has 2 aliphatic carbocycles. The maximum atomic E-state index is 13.6. The molecule has 1 aliphatic heterocycles. The van der Waals surface area contributed by atoms with E-state index in [-0.39, 0.29) is 23.1 Å². The van der Waals surface area contributed by atoms with Crippen molar-refractivity contribution >= 4 is 34.5 Å². The largest absolute Gasteiger partial charge is 0.343 e. The number of hydrogen-bond donors (Lipinski definition) is 1. The normalized spacial score (nSPS) is 17.1. The summed E-state index contributed by atoms with van der Waals surface area (Å²) in [7, 11) is 1.79. The zero-order chi connectivity index (χ0) is 24.9. The van der Waals surface area contributed by atoms with Crippen LogP contribution in [0.15, 0.2) is 72.8 Å². The number of hydrogen-bond acceptors (Lipinski definition) is 6. The molecule has 4 aromatic rings. The Morgan fingerprint density at radius 1 is 0.583 bits per heavy atom. The highest BCUT2D eigenvalue weighted by Gasteiger charge is 2.41. The number of anilines is 2. The van der Waals surface area contributed by atoms with Gasteiger partial charge in [-0.1, -0.05) is 54.6 Å². The molecule has 1 atom stereocenters. The SMILES string of the molecule is CN1c2ccc3c(c2C(N)c2ccc4c(c21)C(=O)c1ccccc1C4=O)C(=O)c1ccccc1C3=O. The van der Waals surface area contributed by atoms with Crippen LogP contribution < -0.4 is 10.6 Å². The molecule has 0 bridgehead atoms. The standard InChI is InChI=1S/C30H18N2O4/c1-32-21-13-12-18-22(29(35)16-8-4-2-6-14(16)27(18)33)24(21)25(31)20-11-10-19-23(26(20)32)30(36)17-9-5-3-7-15(17)28(19)34/h2-13,25H,31H2,1H3. The smallest absolute Gasteiger partial charge is 0.196 e. The molecule has 1 unspecified atom stereocenters. The first-order valence-electron chi connectivity index (χ1n) is 11.6. The molecule has 0 radical (unpaired) electrons. The van der Waals surface area contributed by atoms with Crippen LogP contribution in [0.25, 0.3) is 0 Å². The number of fused-ring (bicyclic) bond motifs is 8. The van der Waals surface area contributed by atoms with Crippen molar-refractivity contribution in [2.45, 2.75) is 6.04 Å². The van der Waals surface area contributed by atoms with Crippen molar-refractivity contribution in [3.05, 3.63) is 128 Å². The quantitative estimate of drug-likeness (QED) is 0.354. The Labute approximate surface area is 206 Å². The Kier molecular flexibility index (Phi) is 3.98. The summed E-state index contributed by atoms with van der Waals surface area (Å²) in [6.07, 6.45) is 0. The molecule has 4 aromatic carbocycles. The van der Waals surface area contributed by atoms with Crippen molar-refractivity contribution < 1.29 is 19.2 Å². The first-order valence-corrected chi connectivity index (χ1v) is 11.6. The van der Waals surface area contributed by atoms with Crippen LogP contribution in [0.4, 0.5) is 11.4 Å². The van der Waals surface area contributed by atoms with E-state index in [1.807, 2.05) is 4.90 Å². The maximum Gasteiger partial charge on any atom is 0.196 e. The summed E-state index contributed by atoms with van der Waals surface area (Å²) in [5.41, 5.74) is 11.9. The van der Waals surface area contributed by atoms with Crippen LogP contribution in [0.2, 0.25) is 0 Å². The molecule has 0 saturated heterocycles. The molecular formula is C30H18N2O4. The lowest BCUT2D eigenvalue weighted by atomic mass is 9.75. The van der Waals surface area contributed by atoms with Gasteiger partial charge < -0.3 is 10.6 Å². The summed E-state index contributed by atoms with van der Waals surface area (Å²) in [5, 5.41) is 0. The summed E-state index contributed by atoms with van der Waals surface area (Å²) < 4.78 is 0. The zero-order valence-corrected chi connectivity index (χ0v) is 19.2. The van der Waals surface area contributed by atoms with E-state index in [9.17, 15) is 19.2 Å². The van der Waals surface area contributed by atoms with E-state index in [0.29, 0.717) is 67.0 Å². The average molecular weight is 470 g/mol. The van der Waals surface area contributed by atoms with Gasteiger partial charge in [-0.05, 0) is 23.8 Å². The second-order valence-electron chi connectivity index (χ2n) is 9.29. The van der Waals surface area contributed by atoms with Gasteiger partial charge in [-0.15, -0.1) is 0 Å². The molecule has 0 aromatic heterocycles. The lowest BCUT2D eigenvalue weighted by Gasteiger charge is -2.38. The number of carbonyl (C=O) groups excluding carboxylic acids is 4. The first-order chi connectivity index (χ1) is 17.4. The van der Waals surface area contributed by atoms with Crippen molar-refractivity contribution in [2.75, 3.05) is 11.9 Å². The van der Waals surface area contributed by atoms with Gasteiger partial charge in [0.25, 0.3) is 0 Å². The van der Waals surface area contributed by atoms with Gasteiger partial charge in [-0.25, -0.2) is 0 Å². The zero-order valence-electron chi connectivity index (χ0n) is 19.2. The predicted octanol–water partition coefficient (Wildman–Crippen LogP) is 4.37. The van der Waals surface area contributed by atoms with Crippen LogP contribution in [0.1, 0.15) is 80.9 Å². The minimum atomic E-state index is -0.770. The number of nitrogens with zero attached hydrogens (tertiary/aromatic N) is 1. The molecule has 0 spiro atoms. The molecule has 0 amide bonds. The number of ketones is 4. The number of carbonyl (C=O) groups is 4. The highest BCUT2D eigenvalue weighted by molar-refractivity contribution is 6.31. The maximum absolute atomic E-state index is 13.6. The highest BCUT2D eigenvalue weighted by atomic mass is 16.1. The lowest BCUT2D eigenvalue weighted by molar-refractivity contribution is 0.0978. The number of rotatable bonds is 0. The minimum absolute atomic E-state index is 0.210. The van der Waals surface area contributed by atoms with E-state index >= 15 is 0 Å². The fraction of sp³-hybridized carbons (Fsp3) is 0.0667. The fourth-order valence-corrected chi connectivity index (χ4v) is 5.88. The van der Waals surface area contributed by atoms with Gasteiger partial charge in [-0.2, -0.15) is 0 Å². The number of benzene rings is 4. The van der Waals surface area contributed by atoms with Crippen molar-refractivity contribution in [1.82, 2.24) is 0 Å². The van der Waals surface area contributed by atoms with Gasteiger partial charge in [0, 0.05) is 57.2 Å². The van der Waals surface area contributed by atoms with E-state index in [1.165, 1.54) is 0 Å². The van der Waals surface area contributed by atoms with Crippen LogP contribution >= 0.6 is 0 Å². The Balaban J connectivity index is 1.47. The summed E-state index contributed by atoms with van der Waals surface area (Å²) in [4.78, 5) is 55.6. The highest BCUT2D eigenvalue weighted by Crippen LogP contribution is 2.49. The van der Waals surface area contributed by atoms with E-state index in [0.717, 1.165) is 0 Å². The molecule has 2 N–H and O–H groups in total. The summed E-state index contributed by atoms with van der Waals surface area (Å²) in [6.45, 7) is 0. The molecule has 3 aliphatic rings. The molecule has 36 heavy (non-hydrogen) atoms. The van der Waals surface area contributed by atoms with Gasteiger partial charge in [0.15, 0.2) is 23.1 Å². The lowest BCUT2D eigenvalue weighted by Crippen LogP contribution is -2.34. The molecule has 0 fully saturated rings.